The van der Waals surface area contributed by atoms with Crippen molar-refractivity contribution >= 4 is 11.3 Å². The fourth-order valence-corrected chi connectivity index (χ4v) is 2.55. The molecule has 2 rings (SSSR count). The Labute approximate surface area is 110 Å². The van der Waals surface area contributed by atoms with Crippen LogP contribution in [0.5, 0.6) is 5.75 Å². The van der Waals surface area contributed by atoms with Crippen LogP contribution >= 0.6 is 11.3 Å². The van der Waals surface area contributed by atoms with Crippen molar-refractivity contribution in [1.82, 2.24) is 14.8 Å². The van der Waals surface area contributed by atoms with Crippen LogP contribution < -0.4 is 4.74 Å². The smallest absolute Gasteiger partial charge is 0.162 e. The lowest BCUT2D eigenvalue weighted by Gasteiger charge is -2.13. The van der Waals surface area contributed by atoms with Gasteiger partial charge in [-0.05, 0) is 13.8 Å². The molecule has 0 aromatic carbocycles. The number of ether oxygens (including phenoxy) is 1. The quantitative estimate of drug-likeness (QED) is 0.899. The van der Waals surface area contributed by atoms with Crippen molar-refractivity contribution in [3.05, 3.63) is 28.0 Å². The van der Waals surface area contributed by atoms with E-state index in [-0.39, 0.29) is 0 Å². The SMILES string of the molecule is CCn1ncc(OC)c1C(O)Cc1csc(C)n1. The molecule has 0 aliphatic carbocycles. The molecule has 0 saturated carbocycles. The van der Waals surface area contributed by atoms with Gasteiger partial charge < -0.3 is 9.84 Å². The van der Waals surface area contributed by atoms with Crippen LogP contribution in [-0.2, 0) is 13.0 Å². The maximum atomic E-state index is 10.3. The molecule has 5 nitrogen and oxygen atoms in total. The van der Waals surface area contributed by atoms with Gasteiger partial charge in [0.05, 0.1) is 24.0 Å². The Morgan fingerprint density at radius 1 is 1.56 bits per heavy atom. The molecule has 0 amide bonds. The van der Waals surface area contributed by atoms with E-state index in [4.69, 9.17) is 4.74 Å². The minimum atomic E-state index is -0.649. The second kappa shape index (κ2) is 5.49. The fraction of sp³-hybridized carbons (Fsp3) is 0.500. The second-order valence-corrected chi connectivity index (χ2v) is 5.05. The number of thiazole rings is 1. The Morgan fingerprint density at radius 3 is 2.89 bits per heavy atom. The van der Waals surface area contributed by atoms with Crippen LogP contribution in [0.3, 0.4) is 0 Å². The zero-order chi connectivity index (χ0) is 13.1. The van der Waals surface area contributed by atoms with Crippen LogP contribution in [0, 0.1) is 6.92 Å². The summed E-state index contributed by atoms with van der Waals surface area (Å²) in [4.78, 5) is 4.36. The molecule has 2 heterocycles. The number of rotatable bonds is 5. The lowest BCUT2D eigenvalue weighted by molar-refractivity contribution is 0.161. The van der Waals surface area contributed by atoms with E-state index < -0.39 is 6.10 Å². The van der Waals surface area contributed by atoms with E-state index in [1.807, 2.05) is 19.2 Å². The van der Waals surface area contributed by atoms with E-state index in [1.165, 1.54) is 0 Å². The van der Waals surface area contributed by atoms with Gasteiger partial charge in [0, 0.05) is 18.3 Å². The first-order valence-electron chi connectivity index (χ1n) is 5.84. The van der Waals surface area contributed by atoms with Gasteiger partial charge in [0.1, 0.15) is 11.8 Å². The van der Waals surface area contributed by atoms with E-state index >= 15 is 0 Å². The predicted octanol–water partition coefficient (Wildman–Crippen LogP) is 1.95. The molecule has 0 spiro atoms. The molecule has 0 aliphatic rings. The normalized spacial score (nSPS) is 12.7. The van der Waals surface area contributed by atoms with Crippen LogP contribution in [0.4, 0.5) is 0 Å². The molecule has 2 aromatic rings. The molecule has 0 saturated heterocycles. The van der Waals surface area contributed by atoms with Crippen molar-refractivity contribution in [2.75, 3.05) is 7.11 Å². The number of hydrogen-bond donors (Lipinski definition) is 1. The van der Waals surface area contributed by atoms with Gasteiger partial charge in [0.2, 0.25) is 0 Å². The fourth-order valence-electron chi connectivity index (χ4n) is 1.92. The largest absolute Gasteiger partial charge is 0.493 e. The van der Waals surface area contributed by atoms with E-state index in [1.54, 1.807) is 29.3 Å². The summed E-state index contributed by atoms with van der Waals surface area (Å²) < 4.78 is 6.98. The van der Waals surface area contributed by atoms with Crippen molar-refractivity contribution in [1.29, 1.82) is 0 Å². The first-order valence-corrected chi connectivity index (χ1v) is 6.72. The van der Waals surface area contributed by atoms with Crippen molar-refractivity contribution in [3.63, 3.8) is 0 Å². The van der Waals surface area contributed by atoms with Gasteiger partial charge in [0.15, 0.2) is 5.75 Å². The first-order chi connectivity index (χ1) is 8.65. The molecule has 6 heteroatoms. The van der Waals surface area contributed by atoms with E-state index in [0.29, 0.717) is 24.4 Å². The third-order valence-corrected chi connectivity index (χ3v) is 3.57. The molecule has 1 unspecified atom stereocenters. The average Bonchev–Trinajstić information content (AvgIpc) is 2.94. The lowest BCUT2D eigenvalue weighted by atomic mass is 10.1. The highest BCUT2D eigenvalue weighted by Gasteiger charge is 2.20. The van der Waals surface area contributed by atoms with E-state index in [0.717, 1.165) is 10.7 Å². The topological polar surface area (TPSA) is 60.2 Å². The standard InChI is InChI=1S/C12H17N3O2S/c1-4-15-12(11(17-3)6-13-15)10(16)5-9-7-18-8(2)14-9/h6-7,10,16H,4-5H2,1-3H3. The summed E-state index contributed by atoms with van der Waals surface area (Å²) in [6.07, 6.45) is 1.46. The minimum absolute atomic E-state index is 0.479. The van der Waals surface area contributed by atoms with Crippen LogP contribution in [0.25, 0.3) is 0 Å². The summed E-state index contributed by atoms with van der Waals surface area (Å²) in [7, 11) is 1.58. The molecule has 0 radical (unpaired) electrons. The minimum Gasteiger partial charge on any atom is -0.493 e. The summed E-state index contributed by atoms with van der Waals surface area (Å²) in [5.74, 6) is 0.622. The van der Waals surface area contributed by atoms with Gasteiger partial charge in [-0.3, -0.25) is 4.68 Å². The molecule has 1 N–H and O–H groups in total. The summed E-state index contributed by atoms with van der Waals surface area (Å²) in [5.41, 5.74) is 1.61. The Bertz CT molecular complexity index is 500. The first kappa shape index (κ1) is 13.0. The zero-order valence-corrected chi connectivity index (χ0v) is 11.6. The molecule has 0 fully saturated rings. The van der Waals surface area contributed by atoms with Gasteiger partial charge in [-0.1, -0.05) is 0 Å². The summed E-state index contributed by atoms with van der Waals surface area (Å²) >= 11 is 1.59. The highest BCUT2D eigenvalue weighted by molar-refractivity contribution is 7.09. The van der Waals surface area contributed by atoms with Crippen molar-refractivity contribution < 1.29 is 9.84 Å². The number of aliphatic hydroxyl groups excluding tert-OH is 1. The summed E-state index contributed by atoms with van der Waals surface area (Å²) in [6, 6.07) is 0. The highest BCUT2D eigenvalue weighted by atomic mass is 32.1. The maximum Gasteiger partial charge on any atom is 0.162 e. The van der Waals surface area contributed by atoms with Crippen LogP contribution in [0.1, 0.15) is 29.4 Å². The molecular weight excluding hydrogens is 250 g/mol. The van der Waals surface area contributed by atoms with Crippen molar-refractivity contribution in [2.24, 2.45) is 0 Å². The monoisotopic (exact) mass is 267 g/mol. The Balaban J connectivity index is 2.22. The number of hydrogen-bond acceptors (Lipinski definition) is 5. The molecule has 18 heavy (non-hydrogen) atoms. The number of methoxy groups -OCH3 is 1. The van der Waals surface area contributed by atoms with Crippen LogP contribution in [-0.4, -0.2) is 27.0 Å². The number of nitrogens with zero attached hydrogens (tertiary/aromatic N) is 3. The molecule has 1 atom stereocenters. The van der Waals surface area contributed by atoms with E-state index in [9.17, 15) is 5.11 Å². The van der Waals surface area contributed by atoms with Crippen LogP contribution in [0.15, 0.2) is 11.6 Å². The van der Waals surface area contributed by atoms with Crippen molar-refractivity contribution in [3.8, 4) is 5.75 Å². The molecule has 98 valence electrons. The average molecular weight is 267 g/mol. The zero-order valence-electron chi connectivity index (χ0n) is 10.8. The Morgan fingerprint density at radius 2 is 2.33 bits per heavy atom. The Kier molecular flexibility index (Phi) is 3.98. The lowest BCUT2D eigenvalue weighted by Crippen LogP contribution is -2.11. The molecular formula is C12H17N3O2S. The van der Waals surface area contributed by atoms with Gasteiger partial charge >= 0.3 is 0 Å². The number of aryl methyl sites for hydroxylation is 2. The van der Waals surface area contributed by atoms with Crippen molar-refractivity contribution in [2.45, 2.75) is 32.9 Å². The van der Waals surface area contributed by atoms with Gasteiger partial charge in [-0.25, -0.2) is 4.98 Å². The summed E-state index contributed by atoms with van der Waals surface area (Å²) in [5, 5.41) is 17.5. The van der Waals surface area contributed by atoms with Crippen LogP contribution in [0.2, 0.25) is 0 Å². The second-order valence-electron chi connectivity index (χ2n) is 3.99. The third-order valence-electron chi connectivity index (χ3n) is 2.75. The molecule has 0 bridgehead atoms. The number of aromatic nitrogens is 3. The highest BCUT2D eigenvalue weighted by Crippen LogP contribution is 2.27. The van der Waals surface area contributed by atoms with Gasteiger partial charge in [-0.15, -0.1) is 11.3 Å². The van der Waals surface area contributed by atoms with Gasteiger partial charge in [-0.2, -0.15) is 5.10 Å². The van der Waals surface area contributed by atoms with Gasteiger partial charge in [0.25, 0.3) is 0 Å². The molecule has 2 aromatic heterocycles. The number of aliphatic hydroxyl groups is 1. The molecule has 0 aliphatic heterocycles. The van der Waals surface area contributed by atoms with E-state index in [2.05, 4.69) is 10.1 Å². The third kappa shape index (κ3) is 2.54. The predicted molar refractivity (Wildman–Crippen MR) is 70.0 cm³/mol. The Hall–Kier alpha value is -1.40. The maximum absolute atomic E-state index is 10.3. The summed E-state index contributed by atoms with van der Waals surface area (Å²) in [6.45, 7) is 4.64.